The van der Waals surface area contributed by atoms with Gasteiger partial charge in [-0.2, -0.15) is 0 Å². The van der Waals surface area contributed by atoms with Crippen LogP contribution in [0.1, 0.15) is 5.56 Å². The topological polar surface area (TPSA) is 56.6 Å². The molecule has 0 saturated carbocycles. The second-order valence-corrected chi connectivity index (χ2v) is 10.1. The number of fused-ring (bicyclic) bond motifs is 1. The Morgan fingerprint density at radius 3 is 2.54 bits per heavy atom. The lowest BCUT2D eigenvalue weighted by atomic mass is 10.2. The third-order valence-electron chi connectivity index (χ3n) is 6.02. The Bertz CT molecular complexity index is 1570. The van der Waals surface area contributed by atoms with Gasteiger partial charge >= 0.3 is 0 Å². The van der Waals surface area contributed by atoms with E-state index in [-0.39, 0.29) is 5.56 Å². The Labute approximate surface area is 224 Å². The Balaban J connectivity index is 1.32. The van der Waals surface area contributed by atoms with E-state index in [2.05, 4.69) is 29.1 Å². The fraction of sp³-hybridized carbons (Fsp3) is 0.172. The van der Waals surface area contributed by atoms with Crippen LogP contribution >= 0.6 is 22.9 Å². The van der Waals surface area contributed by atoms with Crippen molar-refractivity contribution in [3.63, 3.8) is 0 Å². The molecule has 0 fully saturated rings. The van der Waals surface area contributed by atoms with Gasteiger partial charge in [0.05, 0.1) is 18.3 Å². The molecular weight excluding hydrogens is 506 g/mol. The van der Waals surface area contributed by atoms with E-state index in [0.717, 1.165) is 23.5 Å². The SMILES string of the molecule is COc1cc(-n2cnc3cc(-c4ccc(Cl)cc4)sc3c2=O)ccc1OCCN(C)Cc1ccccc1. The maximum Gasteiger partial charge on any atom is 0.275 e. The number of halogens is 1. The minimum Gasteiger partial charge on any atom is -0.493 e. The van der Waals surface area contributed by atoms with Crippen molar-refractivity contribution in [1.82, 2.24) is 14.5 Å². The van der Waals surface area contributed by atoms with E-state index in [0.29, 0.717) is 39.0 Å². The molecule has 188 valence electrons. The normalized spacial score (nSPS) is 11.2. The third-order valence-corrected chi connectivity index (χ3v) is 7.43. The summed E-state index contributed by atoms with van der Waals surface area (Å²) in [6, 6.07) is 25.3. The van der Waals surface area contributed by atoms with E-state index in [1.165, 1.54) is 21.5 Å². The molecule has 2 heterocycles. The summed E-state index contributed by atoms with van der Waals surface area (Å²) in [5.41, 5.74) is 3.45. The molecule has 0 N–H and O–H groups in total. The van der Waals surface area contributed by atoms with Crippen molar-refractivity contribution >= 4 is 33.2 Å². The highest BCUT2D eigenvalue weighted by Crippen LogP contribution is 2.33. The summed E-state index contributed by atoms with van der Waals surface area (Å²) in [6.07, 6.45) is 1.55. The van der Waals surface area contributed by atoms with E-state index < -0.39 is 0 Å². The minimum atomic E-state index is -0.131. The Morgan fingerprint density at radius 1 is 1.00 bits per heavy atom. The monoisotopic (exact) mass is 531 g/mol. The van der Waals surface area contributed by atoms with Crippen molar-refractivity contribution in [2.75, 3.05) is 27.3 Å². The van der Waals surface area contributed by atoms with Gasteiger partial charge in [0.25, 0.3) is 5.56 Å². The second kappa shape index (κ2) is 11.2. The van der Waals surface area contributed by atoms with E-state index in [1.807, 2.05) is 60.7 Å². The van der Waals surface area contributed by atoms with Gasteiger partial charge in [-0.25, -0.2) is 4.98 Å². The van der Waals surface area contributed by atoms with Gasteiger partial charge in [0.15, 0.2) is 11.5 Å². The summed E-state index contributed by atoms with van der Waals surface area (Å²) >= 11 is 7.44. The molecular formula is C29H26ClN3O3S. The lowest BCUT2D eigenvalue weighted by molar-refractivity contribution is 0.226. The number of hydrogen-bond acceptors (Lipinski definition) is 6. The molecule has 2 aromatic heterocycles. The third kappa shape index (κ3) is 5.69. The van der Waals surface area contributed by atoms with E-state index in [4.69, 9.17) is 21.1 Å². The molecule has 0 aliphatic carbocycles. The van der Waals surface area contributed by atoms with Gasteiger partial charge in [0, 0.05) is 29.1 Å². The van der Waals surface area contributed by atoms with Crippen LogP contribution in [0.15, 0.2) is 90.0 Å². The molecule has 0 amide bonds. The maximum atomic E-state index is 13.3. The quantitative estimate of drug-likeness (QED) is 0.224. The van der Waals surface area contributed by atoms with Crippen molar-refractivity contribution in [2.45, 2.75) is 6.54 Å². The van der Waals surface area contributed by atoms with Crippen LogP contribution in [0.2, 0.25) is 5.02 Å². The summed E-state index contributed by atoms with van der Waals surface area (Å²) in [7, 11) is 3.66. The highest BCUT2D eigenvalue weighted by molar-refractivity contribution is 7.22. The molecule has 0 spiro atoms. The molecule has 6 nitrogen and oxygen atoms in total. The number of likely N-dealkylation sites (N-methyl/N-ethyl adjacent to an activating group) is 1. The van der Waals surface area contributed by atoms with Crippen molar-refractivity contribution in [2.24, 2.45) is 0 Å². The average Bonchev–Trinajstić information content (AvgIpc) is 3.35. The fourth-order valence-electron chi connectivity index (χ4n) is 4.06. The van der Waals surface area contributed by atoms with Crippen LogP contribution in [0.3, 0.4) is 0 Å². The predicted octanol–water partition coefficient (Wildman–Crippen LogP) is 6.29. The number of benzene rings is 3. The molecule has 0 saturated heterocycles. The Kier molecular flexibility index (Phi) is 7.55. The van der Waals surface area contributed by atoms with Gasteiger partial charge in [0.1, 0.15) is 17.6 Å². The first-order valence-corrected chi connectivity index (χ1v) is 13.0. The van der Waals surface area contributed by atoms with Crippen molar-refractivity contribution in [3.05, 3.63) is 106 Å². The zero-order valence-corrected chi connectivity index (χ0v) is 22.1. The maximum absolute atomic E-state index is 13.3. The van der Waals surface area contributed by atoms with Gasteiger partial charge in [-0.05, 0) is 48.5 Å². The number of methoxy groups -OCH3 is 1. The first-order chi connectivity index (χ1) is 18.0. The molecule has 5 rings (SSSR count). The van der Waals surface area contributed by atoms with Gasteiger partial charge in [0.2, 0.25) is 0 Å². The smallest absolute Gasteiger partial charge is 0.275 e. The van der Waals surface area contributed by atoms with Gasteiger partial charge in [-0.3, -0.25) is 14.3 Å². The standard InChI is InChI=1S/C29H26ClN3O3S/c1-32(18-20-6-4-3-5-7-20)14-15-36-25-13-12-23(16-26(25)35-2)33-19-31-24-17-27(37-28(24)29(33)34)21-8-10-22(30)11-9-21/h3-13,16-17,19H,14-15,18H2,1-2H3. The highest BCUT2D eigenvalue weighted by atomic mass is 35.5. The fourth-order valence-corrected chi connectivity index (χ4v) is 5.24. The Morgan fingerprint density at radius 2 is 1.78 bits per heavy atom. The molecule has 8 heteroatoms. The summed E-state index contributed by atoms with van der Waals surface area (Å²) in [5.74, 6) is 1.19. The average molecular weight is 532 g/mol. The number of nitrogens with zero attached hydrogens (tertiary/aromatic N) is 3. The van der Waals surface area contributed by atoms with Crippen LogP contribution in [0.4, 0.5) is 0 Å². The number of aromatic nitrogens is 2. The summed E-state index contributed by atoms with van der Waals surface area (Å²) in [6.45, 7) is 2.12. The van der Waals surface area contributed by atoms with Crippen LogP contribution in [-0.2, 0) is 6.54 Å². The highest BCUT2D eigenvalue weighted by Gasteiger charge is 2.14. The van der Waals surface area contributed by atoms with E-state index in [9.17, 15) is 4.79 Å². The van der Waals surface area contributed by atoms with Gasteiger partial charge in [-0.1, -0.05) is 54.1 Å². The molecule has 0 aliphatic rings. The molecule has 5 aromatic rings. The molecule has 0 radical (unpaired) electrons. The molecule has 0 unspecified atom stereocenters. The largest absolute Gasteiger partial charge is 0.493 e. The van der Waals surface area contributed by atoms with Crippen LogP contribution in [0.5, 0.6) is 11.5 Å². The first kappa shape index (κ1) is 25.0. The Hall–Kier alpha value is -3.65. The van der Waals surface area contributed by atoms with Gasteiger partial charge < -0.3 is 9.47 Å². The number of thiophene rings is 1. The lowest BCUT2D eigenvalue weighted by Gasteiger charge is -2.18. The van der Waals surface area contributed by atoms with Crippen molar-refractivity contribution < 1.29 is 9.47 Å². The van der Waals surface area contributed by atoms with Crippen LogP contribution < -0.4 is 15.0 Å². The van der Waals surface area contributed by atoms with Crippen LogP contribution in [-0.4, -0.2) is 41.8 Å². The molecule has 0 atom stereocenters. The summed E-state index contributed by atoms with van der Waals surface area (Å²) < 4.78 is 13.7. The molecule has 37 heavy (non-hydrogen) atoms. The summed E-state index contributed by atoms with van der Waals surface area (Å²) in [4.78, 5) is 21.0. The van der Waals surface area contributed by atoms with E-state index in [1.54, 1.807) is 19.5 Å². The molecule has 0 aliphatic heterocycles. The summed E-state index contributed by atoms with van der Waals surface area (Å²) in [5, 5.41) is 0.672. The van der Waals surface area contributed by atoms with Crippen molar-refractivity contribution in [3.8, 4) is 27.6 Å². The minimum absolute atomic E-state index is 0.131. The first-order valence-electron chi connectivity index (χ1n) is 11.8. The van der Waals surface area contributed by atoms with E-state index >= 15 is 0 Å². The zero-order chi connectivity index (χ0) is 25.8. The van der Waals surface area contributed by atoms with Crippen LogP contribution in [0, 0.1) is 0 Å². The number of ether oxygens (including phenoxy) is 2. The molecule has 0 bridgehead atoms. The number of rotatable bonds is 9. The zero-order valence-electron chi connectivity index (χ0n) is 20.6. The van der Waals surface area contributed by atoms with Crippen molar-refractivity contribution in [1.29, 1.82) is 0 Å². The lowest BCUT2D eigenvalue weighted by Crippen LogP contribution is -2.24. The van der Waals surface area contributed by atoms with Crippen LogP contribution in [0.25, 0.3) is 26.3 Å². The second-order valence-electron chi connectivity index (χ2n) is 8.66. The number of hydrogen-bond donors (Lipinski definition) is 0. The predicted molar refractivity (Wildman–Crippen MR) is 150 cm³/mol. The van der Waals surface area contributed by atoms with Gasteiger partial charge in [-0.15, -0.1) is 11.3 Å². The molecule has 3 aromatic carbocycles.